The number of carbonyl (C=O) groups excluding carboxylic acids is 1. The second kappa shape index (κ2) is 7.97. The van der Waals surface area contributed by atoms with Gasteiger partial charge in [-0.05, 0) is 30.7 Å². The number of nitrogens with one attached hydrogen (secondary N) is 1. The molecule has 0 aliphatic rings. The van der Waals surface area contributed by atoms with Crippen molar-refractivity contribution in [3.8, 4) is 5.75 Å². The normalized spacial score (nSPS) is 11.9. The van der Waals surface area contributed by atoms with Crippen molar-refractivity contribution in [2.75, 3.05) is 12.4 Å². The minimum absolute atomic E-state index is 0.0975. The Morgan fingerprint density at radius 3 is 2.46 bits per heavy atom. The molecule has 0 aliphatic carbocycles. The maximum atomic E-state index is 12.4. The molecule has 0 heterocycles. The molecule has 7 heteroatoms. The highest BCUT2D eigenvalue weighted by atomic mass is 35.5. The van der Waals surface area contributed by atoms with Gasteiger partial charge in [0, 0.05) is 12.1 Å². The molecule has 1 unspecified atom stereocenters. The van der Waals surface area contributed by atoms with Crippen molar-refractivity contribution in [2.45, 2.75) is 19.6 Å². The number of hydrogen-bond acceptors (Lipinski definition) is 2. The quantitative estimate of drug-likeness (QED) is 0.805. The monoisotopic (exact) mass is 354 g/mol. The first-order valence-electron chi connectivity index (χ1n) is 7.22. The molecule has 2 aromatic rings. The van der Waals surface area contributed by atoms with Gasteiger partial charge in [-0.15, -0.1) is 0 Å². The zero-order chi connectivity index (χ0) is 17.7. The molecule has 0 saturated heterocycles. The largest absolute Gasteiger partial charge is 0.433 e. The number of nitrogens with zero attached hydrogens (tertiary/aromatic N) is 1. The Kier molecular flexibility index (Phi) is 5.98. The summed E-state index contributed by atoms with van der Waals surface area (Å²) in [5.74, 6) is -0.0975. The lowest BCUT2D eigenvalue weighted by Crippen LogP contribution is -2.33. The third kappa shape index (κ3) is 4.35. The Morgan fingerprint density at radius 1 is 1.17 bits per heavy atom. The van der Waals surface area contributed by atoms with E-state index in [2.05, 4.69) is 10.1 Å². The molecule has 128 valence electrons. The summed E-state index contributed by atoms with van der Waals surface area (Å²) in [7, 11) is 1.60. The number of para-hydroxylation sites is 2. The number of amides is 2. The first kappa shape index (κ1) is 18.0. The highest BCUT2D eigenvalue weighted by Gasteiger charge is 2.20. The first-order chi connectivity index (χ1) is 11.4. The lowest BCUT2D eigenvalue weighted by atomic mass is 10.1. The number of hydrogen-bond donors (Lipinski definition) is 1. The number of urea groups is 1. The van der Waals surface area contributed by atoms with Gasteiger partial charge in [0.15, 0.2) is 0 Å². The van der Waals surface area contributed by atoms with Gasteiger partial charge in [0.1, 0.15) is 5.75 Å². The van der Waals surface area contributed by atoms with Crippen LogP contribution < -0.4 is 10.1 Å². The van der Waals surface area contributed by atoms with Gasteiger partial charge in [-0.2, -0.15) is 8.78 Å². The lowest BCUT2D eigenvalue weighted by Gasteiger charge is -2.26. The van der Waals surface area contributed by atoms with Crippen molar-refractivity contribution < 1.29 is 18.3 Å². The molecular formula is C17H17ClF2N2O2. The van der Waals surface area contributed by atoms with E-state index in [1.807, 2.05) is 19.1 Å². The van der Waals surface area contributed by atoms with Crippen LogP contribution in [0, 0.1) is 0 Å². The Morgan fingerprint density at radius 2 is 1.79 bits per heavy atom. The van der Waals surface area contributed by atoms with Crippen LogP contribution in [0.3, 0.4) is 0 Å². The molecular weight excluding hydrogens is 338 g/mol. The van der Waals surface area contributed by atoms with E-state index in [4.69, 9.17) is 11.6 Å². The topological polar surface area (TPSA) is 41.6 Å². The minimum atomic E-state index is -2.97. The number of rotatable bonds is 5. The smallest absolute Gasteiger partial charge is 0.387 e. The standard InChI is InChI=1S/C17H17ClF2N2O2/c1-11(12-7-3-4-8-13(12)18)22(2)17(23)21-14-9-5-6-10-15(14)24-16(19)20/h3-11,16H,1-2H3,(H,21,23). The molecule has 0 saturated carbocycles. The summed E-state index contributed by atoms with van der Waals surface area (Å²) in [5, 5.41) is 3.12. The minimum Gasteiger partial charge on any atom is -0.433 e. The van der Waals surface area contributed by atoms with E-state index in [-0.39, 0.29) is 17.5 Å². The third-order valence-electron chi connectivity index (χ3n) is 3.60. The second-order valence-corrected chi connectivity index (χ2v) is 5.52. The Hall–Kier alpha value is -2.34. The molecule has 0 aromatic heterocycles. The van der Waals surface area contributed by atoms with Crippen molar-refractivity contribution in [1.82, 2.24) is 4.90 Å². The number of halogens is 3. The molecule has 2 amide bonds. The number of alkyl halides is 2. The van der Waals surface area contributed by atoms with Crippen molar-refractivity contribution in [2.24, 2.45) is 0 Å². The van der Waals surface area contributed by atoms with Gasteiger partial charge >= 0.3 is 12.6 Å². The van der Waals surface area contributed by atoms with E-state index in [0.29, 0.717) is 5.02 Å². The van der Waals surface area contributed by atoms with Crippen LogP contribution in [0.25, 0.3) is 0 Å². The van der Waals surface area contributed by atoms with Crippen molar-refractivity contribution in [1.29, 1.82) is 0 Å². The van der Waals surface area contributed by atoms with Crippen LogP contribution in [0.5, 0.6) is 5.75 Å². The molecule has 0 radical (unpaired) electrons. The summed E-state index contributed by atoms with van der Waals surface area (Å²) < 4.78 is 29.3. The summed E-state index contributed by atoms with van der Waals surface area (Å²) >= 11 is 6.15. The fraction of sp³-hybridized carbons (Fsp3) is 0.235. The molecule has 0 aliphatic heterocycles. The number of carbonyl (C=O) groups is 1. The van der Waals surface area contributed by atoms with Crippen molar-refractivity contribution in [3.63, 3.8) is 0 Å². The predicted molar refractivity (Wildman–Crippen MR) is 89.7 cm³/mol. The molecule has 0 fully saturated rings. The predicted octanol–water partition coefficient (Wildman–Crippen LogP) is 5.17. The highest BCUT2D eigenvalue weighted by Crippen LogP contribution is 2.29. The van der Waals surface area contributed by atoms with Crippen molar-refractivity contribution >= 4 is 23.3 Å². The summed E-state index contributed by atoms with van der Waals surface area (Å²) in [6.07, 6.45) is 0. The molecule has 24 heavy (non-hydrogen) atoms. The molecule has 2 rings (SSSR count). The molecule has 1 atom stereocenters. The zero-order valence-electron chi connectivity index (χ0n) is 13.2. The van der Waals surface area contributed by atoms with Gasteiger partial charge in [-0.3, -0.25) is 0 Å². The third-order valence-corrected chi connectivity index (χ3v) is 3.95. The fourth-order valence-corrected chi connectivity index (χ4v) is 2.46. The molecule has 0 spiro atoms. The van der Waals surface area contributed by atoms with E-state index >= 15 is 0 Å². The first-order valence-corrected chi connectivity index (χ1v) is 7.60. The lowest BCUT2D eigenvalue weighted by molar-refractivity contribution is -0.0493. The fourth-order valence-electron chi connectivity index (χ4n) is 2.17. The SMILES string of the molecule is CC(c1ccccc1Cl)N(C)C(=O)Nc1ccccc1OC(F)F. The molecule has 1 N–H and O–H groups in total. The second-order valence-electron chi connectivity index (χ2n) is 5.11. The number of benzene rings is 2. The van der Waals surface area contributed by atoms with Crippen LogP contribution >= 0.6 is 11.6 Å². The van der Waals surface area contributed by atoms with Gasteiger partial charge in [-0.25, -0.2) is 4.79 Å². The van der Waals surface area contributed by atoms with Crippen LogP contribution in [0.2, 0.25) is 5.02 Å². The number of anilines is 1. The van der Waals surface area contributed by atoms with Gasteiger partial charge in [0.05, 0.1) is 11.7 Å². The summed E-state index contributed by atoms with van der Waals surface area (Å²) in [6, 6.07) is 12.4. The molecule has 2 aromatic carbocycles. The van der Waals surface area contributed by atoms with E-state index < -0.39 is 12.6 Å². The van der Waals surface area contributed by atoms with E-state index in [0.717, 1.165) is 5.56 Å². The van der Waals surface area contributed by atoms with Crippen LogP contribution in [0.1, 0.15) is 18.5 Å². The van der Waals surface area contributed by atoms with Gasteiger partial charge in [0.25, 0.3) is 0 Å². The van der Waals surface area contributed by atoms with E-state index in [9.17, 15) is 13.6 Å². The Labute approximate surface area is 144 Å². The zero-order valence-corrected chi connectivity index (χ0v) is 13.9. The Bertz CT molecular complexity index is 712. The van der Waals surface area contributed by atoms with E-state index in [1.54, 1.807) is 31.3 Å². The Balaban J connectivity index is 2.14. The summed E-state index contributed by atoms with van der Waals surface area (Å²) in [5.41, 5.74) is 0.954. The molecule has 0 bridgehead atoms. The average Bonchev–Trinajstić information content (AvgIpc) is 2.55. The van der Waals surface area contributed by atoms with Crippen LogP contribution in [0.4, 0.5) is 19.3 Å². The summed E-state index contributed by atoms with van der Waals surface area (Å²) in [4.78, 5) is 13.8. The maximum Gasteiger partial charge on any atom is 0.387 e. The van der Waals surface area contributed by atoms with Crippen LogP contribution in [0.15, 0.2) is 48.5 Å². The molecule has 4 nitrogen and oxygen atoms in total. The van der Waals surface area contributed by atoms with Gasteiger partial charge < -0.3 is 15.0 Å². The average molecular weight is 355 g/mol. The summed E-state index contributed by atoms with van der Waals surface area (Å²) in [6.45, 7) is -1.15. The van der Waals surface area contributed by atoms with Crippen LogP contribution in [-0.2, 0) is 0 Å². The number of ether oxygens (including phenoxy) is 1. The maximum absolute atomic E-state index is 12.4. The van der Waals surface area contributed by atoms with Crippen LogP contribution in [-0.4, -0.2) is 24.6 Å². The van der Waals surface area contributed by atoms with Gasteiger partial charge in [0.2, 0.25) is 0 Å². The highest BCUT2D eigenvalue weighted by molar-refractivity contribution is 6.31. The van der Waals surface area contributed by atoms with Crippen molar-refractivity contribution in [3.05, 3.63) is 59.1 Å². The van der Waals surface area contributed by atoms with Gasteiger partial charge in [-0.1, -0.05) is 41.9 Å². The van der Waals surface area contributed by atoms with E-state index in [1.165, 1.54) is 17.0 Å².